The van der Waals surface area contributed by atoms with Crippen LogP contribution in [0.25, 0.3) is 0 Å². The first kappa shape index (κ1) is 11.9. The highest BCUT2D eigenvalue weighted by atomic mass is 16.1. The Balaban J connectivity index is 1.79. The highest BCUT2D eigenvalue weighted by molar-refractivity contribution is 5.99. The molecule has 96 valence electrons. The maximum Gasteiger partial charge on any atom is 0.228 e. The Kier molecular flexibility index (Phi) is 3.05. The van der Waals surface area contributed by atoms with Gasteiger partial charge in [-0.05, 0) is 29.2 Å². The second-order valence-corrected chi connectivity index (χ2v) is 4.94. The second-order valence-electron chi connectivity index (χ2n) is 4.94. The summed E-state index contributed by atoms with van der Waals surface area (Å²) in [5, 5.41) is 2.83. The SMILES string of the molecule is NC(Cc1ccccc1)c1ccc2c(c1)CC(=O)N2. The Labute approximate surface area is 112 Å². The van der Waals surface area contributed by atoms with Gasteiger partial charge in [0, 0.05) is 11.7 Å². The number of carbonyl (C=O) groups is 1. The van der Waals surface area contributed by atoms with Crippen LogP contribution in [0, 0.1) is 0 Å². The molecule has 0 bridgehead atoms. The van der Waals surface area contributed by atoms with E-state index < -0.39 is 0 Å². The number of carbonyl (C=O) groups excluding carboxylic acids is 1. The van der Waals surface area contributed by atoms with Crippen molar-refractivity contribution < 1.29 is 4.79 Å². The van der Waals surface area contributed by atoms with Crippen LogP contribution in [-0.2, 0) is 17.6 Å². The summed E-state index contributed by atoms with van der Waals surface area (Å²) in [4.78, 5) is 11.3. The predicted octanol–water partition coefficient (Wildman–Crippen LogP) is 2.42. The minimum Gasteiger partial charge on any atom is -0.326 e. The molecule has 0 aliphatic carbocycles. The number of amides is 1. The van der Waals surface area contributed by atoms with Crippen LogP contribution in [0.1, 0.15) is 22.7 Å². The molecular formula is C16H16N2O. The number of hydrogen-bond donors (Lipinski definition) is 2. The van der Waals surface area contributed by atoms with E-state index in [1.54, 1.807) is 0 Å². The van der Waals surface area contributed by atoms with E-state index in [0.717, 1.165) is 23.2 Å². The molecule has 0 saturated carbocycles. The molecule has 2 aromatic carbocycles. The van der Waals surface area contributed by atoms with Crippen molar-refractivity contribution >= 4 is 11.6 Å². The lowest BCUT2D eigenvalue weighted by Gasteiger charge is -2.13. The first-order valence-corrected chi connectivity index (χ1v) is 6.44. The Morgan fingerprint density at radius 1 is 1.16 bits per heavy atom. The van der Waals surface area contributed by atoms with Crippen LogP contribution in [0.3, 0.4) is 0 Å². The van der Waals surface area contributed by atoms with Gasteiger partial charge in [0.05, 0.1) is 6.42 Å². The molecule has 1 heterocycles. The number of benzene rings is 2. The van der Waals surface area contributed by atoms with Crippen LogP contribution in [0.15, 0.2) is 48.5 Å². The second kappa shape index (κ2) is 4.86. The summed E-state index contributed by atoms with van der Waals surface area (Å²) in [6.45, 7) is 0. The summed E-state index contributed by atoms with van der Waals surface area (Å²) in [7, 11) is 0. The van der Waals surface area contributed by atoms with Gasteiger partial charge in [-0.2, -0.15) is 0 Å². The molecule has 3 rings (SSSR count). The quantitative estimate of drug-likeness (QED) is 0.881. The first-order chi connectivity index (χ1) is 9.22. The third kappa shape index (κ3) is 2.51. The summed E-state index contributed by atoms with van der Waals surface area (Å²) in [5.41, 5.74) is 10.5. The molecule has 0 radical (unpaired) electrons. The minimum absolute atomic E-state index is 0.0385. The van der Waals surface area contributed by atoms with Gasteiger partial charge in [0.15, 0.2) is 0 Å². The molecule has 1 aliphatic heterocycles. The van der Waals surface area contributed by atoms with Gasteiger partial charge in [-0.3, -0.25) is 4.79 Å². The summed E-state index contributed by atoms with van der Waals surface area (Å²) < 4.78 is 0. The molecule has 0 fully saturated rings. The molecule has 1 amide bonds. The van der Waals surface area contributed by atoms with Gasteiger partial charge in [-0.15, -0.1) is 0 Å². The van der Waals surface area contributed by atoms with E-state index in [1.165, 1.54) is 5.56 Å². The molecule has 3 heteroatoms. The smallest absolute Gasteiger partial charge is 0.228 e. The van der Waals surface area contributed by atoms with Gasteiger partial charge in [0.1, 0.15) is 0 Å². The zero-order chi connectivity index (χ0) is 13.2. The zero-order valence-electron chi connectivity index (χ0n) is 10.6. The molecule has 0 aromatic heterocycles. The molecule has 3 nitrogen and oxygen atoms in total. The molecule has 1 atom stereocenters. The van der Waals surface area contributed by atoms with E-state index in [1.807, 2.05) is 36.4 Å². The molecule has 2 aromatic rings. The van der Waals surface area contributed by atoms with Gasteiger partial charge in [0.2, 0.25) is 5.91 Å². The van der Waals surface area contributed by atoms with Crippen molar-refractivity contribution in [2.45, 2.75) is 18.9 Å². The molecular weight excluding hydrogens is 236 g/mol. The normalized spacial score (nSPS) is 14.9. The zero-order valence-corrected chi connectivity index (χ0v) is 10.6. The minimum atomic E-state index is -0.0385. The van der Waals surface area contributed by atoms with Gasteiger partial charge in [-0.1, -0.05) is 42.5 Å². The Bertz CT molecular complexity index is 607. The number of fused-ring (bicyclic) bond motifs is 1. The Morgan fingerprint density at radius 3 is 2.74 bits per heavy atom. The van der Waals surface area contributed by atoms with Crippen LogP contribution in [0.2, 0.25) is 0 Å². The highest BCUT2D eigenvalue weighted by Gasteiger charge is 2.18. The van der Waals surface area contributed by atoms with Crippen molar-refractivity contribution in [1.82, 2.24) is 0 Å². The predicted molar refractivity (Wildman–Crippen MR) is 75.9 cm³/mol. The van der Waals surface area contributed by atoms with Crippen LogP contribution in [0.5, 0.6) is 0 Å². The van der Waals surface area contributed by atoms with E-state index in [2.05, 4.69) is 17.4 Å². The maximum absolute atomic E-state index is 11.3. The molecule has 0 spiro atoms. The summed E-state index contributed by atoms with van der Waals surface area (Å²) in [5.74, 6) is 0.0591. The van der Waals surface area contributed by atoms with Crippen LogP contribution >= 0.6 is 0 Å². The van der Waals surface area contributed by atoms with Crippen LogP contribution < -0.4 is 11.1 Å². The molecule has 3 N–H and O–H groups in total. The lowest BCUT2D eigenvalue weighted by Crippen LogP contribution is -2.13. The number of anilines is 1. The first-order valence-electron chi connectivity index (χ1n) is 6.44. The third-order valence-electron chi connectivity index (χ3n) is 3.48. The van der Waals surface area contributed by atoms with Gasteiger partial charge in [0.25, 0.3) is 0 Å². The standard InChI is InChI=1S/C16H16N2O/c17-14(8-11-4-2-1-3-5-11)12-6-7-15-13(9-12)10-16(19)18-15/h1-7,9,14H,8,10,17H2,(H,18,19). The van der Waals surface area contributed by atoms with E-state index in [9.17, 15) is 4.79 Å². The topological polar surface area (TPSA) is 55.1 Å². The lowest BCUT2D eigenvalue weighted by molar-refractivity contribution is -0.115. The van der Waals surface area contributed by atoms with Crippen molar-refractivity contribution in [2.24, 2.45) is 5.73 Å². The molecule has 0 saturated heterocycles. The molecule has 19 heavy (non-hydrogen) atoms. The average molecular weight is 252 g/mol. The van der Waals surface area contributed by atoms with Gasteiger partial charge >= 0.3 is 0 Å². The average Bonchev–Trinajstić information content (AvgIpc) is 2.78. The maximum atomic E-state index is 11.3. The van der Waals surface area contributed by atoms with Crippen molar-refractivity contribution in [2.75, 3.05) is 5.32 Å². The van der Waals surface area contributed by atoms with Crippen LogP contribution in [0.4, 0.5) is 5.69 Å². The van der Waals surface area contributed by atoms with Gasteiger partial charge in [-0.25, -0.2) is 0 Å². The van der Waals surface area contributed by atoms with Gasteiger partial charge < -0.3 is 11.1 Å². The summed E-state index contributed by atoms with van der Waals surface area (Å²) >= 11 is 0. The fourth-order valence-electron chi connectivity index (χ4n) is 2.47. The van der Waals surface area contributed by atoms with E-state index in [4.69, 9.17) is 5.73 Å². The monoisotopic (exact) mass is 252 g/mol. The van der Waals surface area contributed by atoms with Crippen molar-refractivity contribution in [3.05, 3.63) is 65.2 Å². The Morgan fingerprint density at radius 2 is 1.95 bits per heavy atom. The number of nitrogens with one attached hydrogen (secondary N) is 1. The fourth-order valence-corrected chi connectivity index (χ4v) is 2.47. The van der Waals surface area contributed by atoms with Crippen molar-refractivity contribution in [3.63, 3.8) is 0 Å². The number of nitrogens with two attached hydrogens (primary N) is 1. The summed E-state index contributed by atoms with van der Waals surface area (Å²) in [6, 6.07) is 16.2. The number of rotatable bonds is 3. The van der Waals surface area contributed by atoms with Crippen LogP contribution in [-0.4, -0.2) is 5.91 Å². The largest absolute Gasteiger partial charge is 0.326 e. The van der Waals surface area contributed by atoms with Crippen molar-refractivity contribution in [1.29, 1.82) is 0 Å². The Hall–Kier alpha value is -2.13. The third-order valence-corrected chi connectivity index (χ3v) is 3.48. The van der Waals surface area contributed by atoms with Crippen molar-refractivity contribution in [3.8, 4) is 0 Å². The van der Waals surface area contributed by atoms with E-state index >= 15 is 0 Å². The molecule has 1 aliphatic rings. The molecule has 1 unspecified atom stereocenters. The fraction of sp³-hybridized carbons (Fsp3) is 0.188. The highest BCUT2D eigenvalue weighted by Crippen LogP contribution is 2.26. The summed E-state index contributed by atoms with van der Waals surface area (Å²) in [6.07, 6.45) is 1.27. The van der Waals surface area contributed by atoms with E-state index in [0.29, 0.717) is 6.42 Å². The lowest BCUT2D eigenvalue weighted by atomic mass is 9.97. The van der Waals surface area contributed by atoms with E-state index in [-0.39, 0.29) is 11.9 Å². The number of hydrogen-bond acceptors (Lipinski definition) is 2.